The molecule has 7 heteroatoms. The molecular weight excluding hydrogens is 286 g/mol. The molecule has 1 N–H and O–H groups in total. The normalized spacial score (nSPS) is 9.86. The van der Waals surface area contributed by atoms with Gasteiger partial charge in [-0.3, -0.25) is 19.7 Å². The van der Waals surface area contributed by atoms with E-state index in [0.29, 0.717) is 5.69 Å². The van der Waals surface area contributed by atoms with Crippen LogP contribution in [0.4, 0.5) is 17.1 Å². The molecule has 0 saturated carbocycles. The van der Waals surface area contributed by atoms with E-state index >= 15 is 0 Å². The van der Waals surface area contributed by atoms with Gasteiger partial charge in [0.05, 0.1) is 4.92 Å². The molecule has 2 rings (SSSR count). The molecule has 0 aliphatic carbocycles. The minimum Gasteiger partial charge on any atom is -0.312 e. The fourth-order valence-corrected chi connectivity index (χ4v) is 1.84. The molecule has 0 aromatic heterocycles. The summed E-state index contributed by atoms with van der Waals surface area (Å²) in [6, 6.07) is 14.2. The van der Waals surface area contributed by atoms with Gasteiger partial charge in [0.2, 0.25) is 0 Å². The Morgan fingerprint density at radius 1 is 1.05 bits per heavy atom. The molecule has 22 heavy (non-hydrogen) atoms. The van der Waals surface area contributed by atoms with E-state index in [1.165, 1.54) is 36.2 Å². The molecule has 0 aliphatic heterocycles. The molecule has 0 bridgehead atoms. The first-order valence-electron chi connectivity index (χ1n) is 6.38. The number of hydrogen-bond acceptors (Lipinski definition) is 4. The van der Waals surface area contributed by atoms with Crippen molar-refractivity contribution in [3.8, 4) is 0 Å². The minimum atomic E-state index is -0.944. The zero-order chi connectivity index (χ0) is 16.1. The number of amides is 2. The van der Waals surface area contributed by atoms with Gasteiger partial charge in [0.15, 0.2) is 0 Å². The van der Waals surface area contributed by atoms with E-state index in [-0.39, 0.29) is 11.4 Å². The van der Waals surface area contributed by atoms with Gasteiger partial charge in [0.25, 0.3) is 5.69 Å². The first kappa shape index (κ1) is 15.2. The number of carbonyl (C=O) groups excluding carboxylic acids is 2. The van der Waals surface area contributed by atoms with Crippen LogP contribution in [0.5, 0.6) is 0 Å². The summed E-state index contributed by atoms with van der Waals surface area (Å²) >= 11 is 0. The smallest absolute Gasteiger partial charge is 0.312 e. The molecule has 7 nitrogen and oxygen atoms in total. The lowest BCUT2D eigenvalue weighted by Gasteiger charge is -2.16. The van der Waals surface area contributed by atoms with Crippen LogP contribution in [-0.4, -0.2) is 23.8 Å². The largest absolute Gasteiger partial charge is 0.316 e. The molecule has 0 radical (unpaired) electrons. The monoisotopic (exact) mass is 299 g/mol. The fourth-order valence-electron chi connectivity index (χ4n) is 1.84. The van der Waals surface area contributed by atoms with Crippen molar-refractivity contribution in [1.82, 2.24) is 0 Å². The van der Waals surface area contributed by atoms with Crippen LogP contribution in [0.25, 0.3) is 0 Å². The van der Waals surface area contributed by atoms with Gasteiger partial charge in [-0.2, -0.15) is 0 Å². The van der Waals surface area contributed by atoms with Crippen LogP contribution in [0, 0.1) is 10.1 Å². The van der Waals surface area contributed by atoms with Gasteiger partial charge in [0.1, 0.15) is 5.69 Å². The maximum Gasteiger partial charge on any atom is 0.316 e. The zero-order valence-corrected chi connectivity index (χ0v) is 11.7. The summed E-state index contributed by atoms with van der Waals surface area (Å²) in [4.78, 5) is 35.5. The summed E-state index contributed by atoms with van der Waals surface area (Å²) in [5.74, 6) is -1.76. The first-order valence-corrected chi connectivity index (χ1v) is 6.38. The van der Waals surface area contributed by atoms with Crippen LogP contribution < -0.4 is 10.2 Å². The second kappa shape index (κ2) is 6.49. The Kier molecular flexibility index (Phi) is 4.47. The highest BCUT2D eigenvalue weighted by Gasteiger charge is 2.23. The molecular formula is C15H13N3O4. The summed E-state index contributed by atoms with van der Waals surface area (Å²) in [7, 11) is 1.46. The van der Waals surface area contributed by atoms with E-state index in [9.17, 15) is 19.7 Å². The third-order valence-electron chi connectivity index (χ3n) is 2.99. The van der Waals surface area contributed by atoms with Crippen LogP contribution >= 0.6 is 0 Å². The predicted molar refractivity (Wildman–Crippen MR) is 81.6 cm³/mol. The number of likely N-dealkylation sites (N-methyl/N-ethyl adjacent to an activating group) is 1. The minimum absolute atomic E-state index is 0.0210. The van der Waals surface area contributed by atoms with Crippen molar-refractivity contribution in [2.45, 2.75) is 0 Å². The molecule has 2 aromatic carbocycles. The maximum atomic E-state index is 12.1. The number of para-hydroxylation sites is 3. The van der Waals surface area contributed by atoms with Crippen LogP contribution in [0.2, 0.25) is 0 Å². The van der Waals surface area contributed by atoms with Gasteiger partial charge in [-0.1, -0.05) is 30.3 Å². The number of benzene rings is 2. The average Bonchev–Trinajstić information content (AvgIpc) is 2.54. The van der Waals surface area contributed by atoms with E-state index in [1.54, 1.807) is 30.3 Å². The van der Waals surface area contributed by atoms with E-state index in [1.807, 2.05) is 0 Å². The number of nitro groups is 1. The third-order valence-corrected chi connectivity index (χ3v) is 2.99. The molecule has 0 saturated heterocycles. The van der Waals surface area contributed by atoms with Gasteiger partial charge in [-0.05, 0) is 18.2 Å². The van der Waals surface area contributed by atoms with E-state index in [4.69, 9.17) is 0 Å². The van der Waals surface area contributed by atoms with Gasteiger partial charge >= 0.3 is 11.8 Å². The maximum absolute atomic E-state index is 12.1. The third kappa shape index (κ3) is 3.26. The van der Waals surface area contributed by atoms with Crippen LogP contribution in [-0.2, 0) is 9.59 Å². The molecule has 0 heterocycles. The Bertz CT molecular complexity index is 716. The second-order valence-electron chi connectivity index (χ2n) is 4.43. The first-order chi connectivity index (χ1) is 10.5. The average molecular weight is 299 g/mol. The summed E-state index contributed by atoms with van der Waals surface area (Å²) in [5.41, 5.74) is 0.253. The Morgan fingerprint density at radius 2 is 1.64 bits per heavy atom. The van der Waals surface area contributed by atoms with Crippen molar-refractivity contribution in [1.29, 1.82) is 0 Å². The summed E-state index contributed by atoms with van der Waals surface area (Å²) in [5, 5.41) is 13.2. The topological polar surface area (TPSA) is 92.6 Å². The van der Waals surface area contributed by atoms with Gasteiger partial charge < -0.3 is 10.2 Å². The standard InChI is InChI=1S/C15H13N3O4/c1-17(11-7-3-2-4-8-11)15(20)14(19)16-12-9-5-6-10-13(12)18(21)22/h2-10H,1H3,(H,16,19). The van der Waals surface area contributed by atoms with Crippen molar-refractivity contribution < 1.29 is 14.5 Å². The second-order valence-corrected chi connectivity index (χ2v) is 4.43. The van der Waals surface area contributed by atoms with E-state index < -0.39 is 16.7 Å². The Labute approximate surface area is 126 Å². The lowest BCUT2D eigenvalue weighted by molar-refractivity contribution is -0.383. The van der Waals surface area contributed by atoms with Crippen molar-refractivity contribution in [2.75, 3.05) is 17.3 Å². The lowest BCUT2D eigenvalue weighted by Crippen LogP contribution is -2.37. The van der Waals surface area contributed by atoms with Crippen molar-refractivity contribution in [2.24, 2.45) is 0 Å². The van der Waals surface area contributed by atoms with E-state index in [0.717, 1.165) is 0 Å². The molecule has 2 aromatic rings. The fraction of sp³-hybridized carbons (Fsp3) is 0.0667. The molecule has 2 amide bonds. The van der Waals surface area contributed by atoms with Crippen LogP contribution in [0.15, 0.2) is 54.6 Å². The molecule has 112 valence electrons. The van der Waals surface area contributed by atoms with Gasteiger partial charge in [-0.15, -0.1) is 0 Å². The number of nitrogens with zero attached hydrogens (tertiary/aromatic N) is 2. The predicted octanol–water partition coefficient (Wildman–Crippen LogP) is 2.20. The van der Waals surface area contributed by atoms with Gasteiger partial charge in [0, 0.05) is 18.8 Å². The zero-order valence-electron chi connectivity index (χ0n) is 11.7. The number of carbonyl (C=O) groups is 2. The molecule has 0 atom stereocenters. The molecule has 0 unspecified atom stereocenters. The lowest BCUT2D eigenvalue weighted by atomic mass is 10.2. The molecule has 0 fully saturated rings. The van der Waals surface area contributed by atoms with Crippen LogP contribution in [0.3, 0.4) is 0 Å². The quantitative estimate of drug-likeness (QED) is 0.534. The summed E-state index contributed by atoms with van der Waals surface area (Å²) < 4.78 is 0. The van der Waals surface area contributed by atoms with Crippen molar-refractivity contribution >= 4 is 28.9 Å². The van der Waals surface area contributed by atoms with Crippen molar-refractivity contribution in [3.63, 3.8) is 0 Å². The van der Waals surface area contributed by atoms with E-state index in [2.05, 4.69) is 5.32 Å². The number of nitrogens with one attached hydrogen (secondary N) is 1. The number of anilines is 2. The summed E-state index contributed by atoms with van der Waals surface area (Å²) in [6.07, 6.45) is 0. The number of hydrogen-bond donors (Lipinski definition) is 1. The number of rotatable bonds is 3. The molecule has 0 aliphatic rings. The summed E-state index contributed by atoms with van der Waals surface area (Å²) in [6.45, 7) is 0. The Balaban J connectivity index is 2.16. The highest BCUT2D eigenvalue weighted by molar-refractivity contribution is 6.44. The SMILES string of the molecule is CN(C(=O)C(=O)Nc1ccccc1[N+](=O)[O-])c1ccccc1. The highest BCUT2D eigenvalue weighted by Crippen LogP contribution is 2.23. The highest BCUT2D eigenvalue weighted by atomic mass is 16.6. The van der Waals surface area contributed by atoms with Crippen molar-refractivity contribution in [3.05, 3.63) is 64.7 Å². The molecule has 0 spiro atoms. The number of nitro benzene ring substituents is 1. The van der Waals surface area contributed by atoms with Gasteiger partial charge in [-0.25, -0.2) is 0 Å². The Hall–Kier alpha value is -3.22. The van der Waals surface area contributed by atoms with Crippen LogP contribution in [0.1, 0.15) is 0 Å². The Morgan fingerprint density at radius 3 is 2.27 bits per heavy atom.